The SMILES string of the molecule is C/C=C(\C=C(\C)C(NCCC(O)C(F)(F)F)=C(C)C)c1cc(Cl)ccc1P.CC.CC.Cc1ccnc(NC(=O)CN2CC3C2CN3C)c1. The van der Waals surface area contributed by atoms with Gasteiger partial charge < -0.3 is 15.7 Å². The van der Waals surface area contributed by atoms with E-state index in [1.807, 2.05) is 105 Å². The van der Waals surface area contributed by atoms with Gasteiger partial charge in [-0.1, -0.05) is 57.0 Å². The minimum absolute atomic E-state index is 0.0174. The fourth-order valence-electron chi connectivity index (χ4n) is 5.33. The third-order valence-corrected chi connectivity index (χ3v) is 8.65. The number of nitrogens with zero attached hydrogens (tertiary/aromatic N) is 3. The van der Waals surface area contributed by atoms with Crippen LogP contribution < -0.4 is 15.9 Å². The number of hydrogen-bond donors (Lipinski definition) is 3. The molecule has 12 heteroatoms. The van der Waals surface area contributed by atoms with Gasteiger partial charge in [0.15, 0.2) is 6.10 Å². The van der Waals surface area contributed by atoms with Crippen molar-refractivity contribution in [2.24, 2.45) is 0 Å². The molecule has 2 fully saturated rings. The molecule has 0 saturated carbocycles. The van der Waals surface area contributed by atoms with Crippen LogP contribution in [0.25, 0.3) is 5.57 Å². The number of amides is 1. The summed E-state index contributed by atoms with van der Waals surface area (Å²) < 4.78 is 37.3. The van der Waals surface area contributed by atoms with Gasteiger partial charge in [0.2, 0.25) is 5.91 Å². The Balaban J connectivity index is 0.000000469. The van der Waals surface area contributed by atoms with Crippen LogP contribution in [0.1, 0.15) is 72.9 Å². The van der Waals surface area contributed by atoms with E-state index >= 15 is 0 Å². The maximum absolute atomic E-state index is 12.4. The molecule has 2 saturated heterocycles. The number of aryl methyl sites for hydroxylation is 1. The smallest absolute Gasteiger partial charge is 0.385 e. The lowest BCUT2D eigenvalue weighted by Crippen LogP contribution is -2.78. The van der Waals surface area contributed by atoms with Crippen LogP contribution in [0.4, 0.5) is 19.0 Å². The average Bonchev–Trinajstić information content (AvgIpc) is 3.05. The summed E-state index contributed by atoms with van der Waals surface area (Å²) >= 11 is 6.11. The Morgan fingerprint density at radius 2 is 1.78 bits per heavy atom. The number of alkyl halides is 3. The Morgan fingerprint density at radius 1 is 1.12 bits per heavy atom. The summed E-state index contributed by atoms with van der Waals surface area (Å²) in [7, 11) is 4.81. The third-order valence-electron chi connectivity index (χ3n) is 7.91. The van der Waals surface area contributed by atoms with Gasteiger partial charge in [-0.3, -0.25) is 14.6 Å². The van der Waals surface area contributed by atoms with Gasteiger partial charge in [-0.2, -0.15) is 13.2 Å². The summed E-state index contributed by atoms with van der Waals surface area (Å²) in [6, 6.07) is 10.7. The van der Waals surface area contributed by atoms with Crippen molar-refractivity contribution in [1.82, 2.24) is 20.1 Å². The summed E-state index contributed by atoms with van der Waals surface area (Å²) in [6.07, 6.45) is -1.70. The lowest BCUT2D eigenvalue weighted by Gasteiger charge is -2.60. The van der Waals surface area contributed by atoms with Gasteiger partial charge in [0.05, 0.1) is 6.54 Å². The van der Waals surface area contributed by atoms with Crippen LogP contribution in [0.5, 0.6) is 0 Å². The first-order valence-electron chi connectivity index (χ1n) is 16.8. The van der Waals surface area contributed by atoms with Crippen molar-refractivity contribution in [2.75, 3.05) is 38.5 Å². The van der Waals surface area contributed by atoms with E-state index in [4.69, 9.17) is 16.7 Å². The first-order valence-corrected chi connectivity index (χ1v) is 17.8. The summed E-state index contributed by atoms with van der Waals surface area (Å²) in [6.45, 7) is 20.2. The highest BCUT2D eigenvalue weighted by Gasteiger charge is 2.49. The number of hydrogen-bond acceptors (Lipinski definition) is 6. The highest BCUT2D eigenvalue weighted by Crippen LogP contribution is 2.31. The van der Waals surface area contributed by atoms with Gasteiger partial charge >= 0.3 is 6.18 Å². The van der Waals surface area contributed by atoms with Crippen molar-refractivity contribution in [3.63, 3.8) is 0 Å². The Morgan fingerprint density at radius 3 is 2.29 bits per heavy atom. The van der Waals surface area contributed by atoms with E-state index in [1.165, 1.54) is 0 Å². The summed E-state index contributed by atoms with van der Waals surface area (Å²) in [4.78, 5) is 20.6. The number of fused-ring (bicyclic) bond motifs is 1. The molecule has 0 aliphatic carbocycles. The minimum Gasteiger partial charge on any atom is -0.385 e. The highest BCUT2D eigenvalue weighted by molar-refractivity contribution is 7.27. The number of nitrogens with one attached hydrogen (secondary N) is 2. The summed E-state index contributed by atoms with van der Waals surface area (Å²) in [5.41, 5.74) is 5.61. The van der Waals surface area contributed by atoms with E-state index < -0.39 is 18.7 Å². The van der Waals surface area contributed by atoms with E-state index in [2.05, 4.69) is 41.7 Å². The quantitative estimate of drug-likeness (QED) is 0.172. The van der Waals surface area contributed by atoms with E-state index in [1.54, 1.807) is 6.20 Å². The largest absolute Gasteiger partial charge is 0.414 e. The molecule has 1 amide bonds. The number of likely N-dealkylation sites (N-methyl/N-ethyl adjacent to an activating group) is 1. The van der Waals surface area contributed by atoms with Crippen LogP contribution in [-0.2, 0) is 4.79 Å². The molecular weight excluding hydrogens is 670 g/mol. The zero-order valence-corrected chi connectivity index (χ0v) is 32.6. The molecule has 2 aliphatic heterocycles. The molecule has 3 heterocycles. The van der Waals surface area contributed by atoms with Crippen LogP contribution in [-0.4, -0.2) is 83.4 Å². The van der Waals surface area contributed by atoms with Gasteiger partial charge in [-0.15, -0.1) is 9.24 Å². The second-order valence-electron chi connectivity index (χ2n) is 11.7. The monoisotopic (exact) mass is 725 g/mol. The molecule has 4 rings (SSSR count). The topological polar surface area (TPSA) is 80.7 Å². The Kier molecular flexibility index (Phi) is 19.4. The maximum Gasteiger partial charge on any atom is 0.414 e. The molecule has 0 bridgehead atoms. The van der Waals surface area contributed by atoms with Crippen molar-refractivity contribution in [1.29, 1.82) is 0 Å². The van der Waals surface area contributed by atoms with Crippen molar-refractivity contribution < 1.29 is 23.1 Å². The Bertz CT molecular complexity index is 1440. The molecule has 1 aromatic heterocycles. The predicted octanol–water partition coefficient (Wildman–Crippen LogP) is 7.77. The lowest BCUT2D eigenvalue weighted by molar-refractivity contribution is -0.204. The number of piperazine rings is 1. The molecule has 0 spiro atoms. The molecule has 4 atom stereocenters. The van der Waals surface area contributed by atoms with Crippen LogP contribution in [0, 0.1) is 6.92 Å². The molecule has 49 heavy (non-hydrogen) atoms. The highest BCUT2D eigenvalue weighted by atomic mass is 35.5. The second kappa shape index (κ2) is 21.5. The molecule has 7 nitrogen and oxygen atoms in total. The number of aliphatic hydroxyl groups is 1. The van der Waals surface area contributed by atoms with Crippen molar-refractivity contribution in [3.8, 4) is 0 Å². The third kappa shape index (κ3) is 13.8. The minimum atomic E-state index is -4.60. The Hall–Kier alpha value is -2.75. The molecule has 4 unspecified atom stereocenters. The summed E-state index contributed by atoms with van der Waals surface area (Å²) in [5, 5.41) is 16.6. The summed E-state index contributed by atoms with van der Waals surface area (Å²) in [5.74, 6) is 0.670. The van der Waals surface area contributed by atoms with Crippen LogP contribution in [0.3, 0.4) is 0 Å². The number of rotatable bonds is 10. The molecule has 1 aromatic carbocycles. The van der Waals surface area contributed by atoms with Gasteiger partial charge in [0.25, 0.3) is 0 Å². The predicted molar refractivity (Wildman–Crippen MR) is 203 cm³/mol. The van der Waals surface area contributed by atoms with Crippen LogP contribution in [0.15, 0.2) is 65.5 Å². The fourth-order valence-corrected chi connectivity index (χ4v) is 5.85. The van der Waals surface area contributed by atoms with Crippen molar-refractivity contribution in [2.45, 2.75) is 93.1 Å². The van der Waals surface area contributed by atoms with E-state index in [0.29, 0.717) is 29.5 Å². The molecule has 2 aromatic rings. The molecule has 2 aliphatic rings. The number of allylic oxidation sites excluding steroid dienone is 5. The average molecular weight is 726 g/mol. The van der Waals surface area contributed by atoms with Crippen LogP contribution in [0.2, 0.25) is 5.02 Å². The zero-order chi connectivity index (χ0) is 37.5. The van der Waals surface area contributed by atoms with E-state index in [-0.39, 0.29) is 12.5 Å². The second-order valence-corrected chi connectivity index (χ2v) is 12.8. The number of pyridine rings is 1. The van der Waals surface area contributed by atoms with Gasteiger partial charge in [-0.25, -0.2) is 4.98 Å². The number of benzene rings is 1. The van der Waals surface area contributed by atoms with Crippen molar-refractivity contribution >= 4 is 43.4 Å². The number of halogens is 4. The molecule has 3 N–H and O–H groups in total. The Labute approximate surface area is 299 Å². The number of anilines is 1. The maximum atomic E-state index is 12.4. The first kappa shape index (κ1) is 44.3. The zero-order valence-electron chi connectivity index (χ0n) is 30.7. The first-order chi connectivity index (χ1) is 23.1. The van der Waals surface area contributed by atoms with Crippen molar-refractivity contribution in [3.05, 3.63) is 81.7 Å². The normalized spacial score (nSPS) is 18.0. The number of likely N-dealkylation sites (tertiary alicyclic amines) is 2. The molecule has 274 valence electrons. The molecule has 0 radical (unpaired) electrons. The van der Waals surface area contributed by atoms with Gasteiger partial charge in [-0.05, 0) is 106 Å². The van der Waals surface area contributed by atoms with Crippen LogP contribution >= 0.6 is 20.8 Å². The lowest BCUT2D eigenvalue weighted by atomic mass is 9.86. The number of carbonyl (C=O) groups excluding carboxylic acids is 1. The number of aromatic nitrogens is 1. The van der Waals surface area contributed by atoms with Gasteiger partial charge in [0.1, 0.15) is 5.82 Å². The van der Waals surface area contributed by atoms with E-state index in [9.17, 15) is 18.0 Å². The standard InChI is InChI=1S/C20H26ClF3NOP.C13H18N4O.2C2H6/c1-5-14(16-11-15(21)6-7-17(16)27)10-13(4)19(12(2)3)25-9-8-18(26)20(22,23)24;1-9-3-4-14-12(5-9)15-13(18)8-17-7-10-11(17)6-16(10)2;2*1-2/h5-7,10-11,18,25-26H,8-9,27H2,1-4H3;3-5,10-11H,6-8H2,1-2H3,(H,14,15,18);2*1-2H3/b13-10-,14-5+;;;. The number of aliphatic hydroxyl groups excluding tert-OH is 1. The van der Waals surface area contributed by atoms with E-state index in [0.717, 1.165) is 51.9 Å². The van der Waals surface area contributed by atoms with Gasteiger partial charge in [0, 0.05) is 48.6 Å². The molecular formula is C37H56ClF3N5O2P. The number of carbonyl (C=O) groups is 1. The fraction of sp³-hybridized carbons (Fsp3) is 0.514.